The molecule has 0 aromatic heterocycles. The van der Waals surface area contributed by atoms with Gasteiger partial charge in [-0.3, -0.25) is 19.2 Å². The van der Waals surface area contributed by atoms with Crippen LogP contribution >= 0.6 is 23.5 Å². The molecule has 0 radical (unpaired) electrons. The second kappa shape index (κ2) is 15.7. The van der Waals surface area contributed by atoms with Gasteiger partial charge in [0.25, 0.3) is 0 Å². The van der Waals surface area contributed by atoms with Gasteiger partial charge in [-0.15, -0.1) is 0 Å². The number of aliphatic carboxylic acids is 1. The molecule has 5 atom stereocenters. The topological polar surface area (TPSA) is 214 Å². The van der Waals surface area contributed by atoms with E-state index in [1.54, 1.807) is 0 Å². The molecule has 32 heavy (non-hydrogen) atoms. The van der Waals surface area contributed by atoms with Gasteiger partial charge >= 0.3 is 5.97 Å². The summed E-state index contributed by atoms with van der Waals surface area (Å²) in [5.41, 5.74) is 10.8. The number of primary amides is 1. The van der Waals surface area contributed by atoms with E-state index < -0.39 is 66.3 Å². The molecular formula is C18H33N5O7S2. The number of carbonyl (C=O) groups is 5. The molecule has 0 rings (SSSR count). The largest absolute Gasteiger partial charge is 0.480 e. The van der Waals surface area contributed by atoms with E-state index in [1.807, 2.05) is 12.5 Å². The zero-order chi connectivity index (χ0) is 24.8. The molecule has 0 aliphatic heterocycles. The smallest absolute Gasteiger partial charge is 0.326 e. The lowest BCUT2D eigenvalue weighted by atomic mass is 10.1. The van der Waals surface area contributed by atoms with Gasteiger partial charge in [0, 0.05) is 0 Å². The van der Waals surface area contributed by atoms with Crippen LogP contribution in [0.5, 0.6) is 0 Å². The van der Waals surface area contributed by atoms with Gasteiger partial charge in [-0.2, -0.15) is 23.5 Å². The number of amides is 4. The number of nitrogens with one attached hydrogen (secondary N) is 3. The molecule has 0 saturated carbocycles. The van der Waals surface area contributed by atoms with Crippen molar-refractivity contribution >= 4 is 53.1 Å². The molecule has 0 saturated heterocycles. The molecule has 0 bridgehead atoms. The van der Waals surface area contributed by atoms with Gasteiger partial charge < -0.3 is 37.6 Å². The van der Waals surface area contributed by atoms with Crippen LogP contribution in [0.15, 0.2) is 0 Å². The molecule has 12 nitrogen and oxygen atoms in total. The Morgan fingerprint density at radius 1 is 0.875 bits per heavy atom. The number of hydrogen-bond donors (Lipinski definition) is 7. The van der Waals surface area contributed by atoms with Gasteiger partial charge in [0.2, 0.25) is 23.6 Å². The molecule has 0 aliphatic rings. The van der Waals surface area contributed by atoms with Gasteiger partial charge in [-0.05, 0) is 43.8 Å². The molecule has 5 unspecified atom stereocenters. The summed E-state index contributed by atoms with van der Waals surface area (Å²) < 4.78 is 0. The van der Waals surface area contributed by atoms with Crippen molar-refractivity contribution in [2.24, 2.45) is 11.5 Å². The van der Waals surface area contributed by atoms with Crippen molar-refractivity contribution in [2.45, 2.75) is 56.5 Å². The van der Waals surface area contributed by atoms with Crippen molar-refractivity contribution in [1.29, 1.82) is 0 Å². The number of aliphatic hydroxyl groups is 1. The van der Waals surface area contributed by atoms with Crippen LogP contribution in [0.25, 0.3) is 0 Å². The number of hydrogen-bond acceptors (Lipinski definition) is 9. The first kappa shape index (κ1) is 30.0. The van der Waals surface area contributed by atoms with Crippen LogP contribution in [0.4, 0.5) is 0 Å². The summed E-state index contributed by atoms with van der Waals surface area (Å²) in [5, 5.41) is 26.1. The SMILES string of the molecule is CSCCC(N)C(=O)NC(CCSC)C(=O)NC(C(=O)NC(CC(N)=O)C(=O)O)C(C)O. The van der Waals surface area contributed by atoms with Gasteiger partial charge in [0.15, 0.2) is 0 Å². The van der Waals surface area contributed by atoms with Crippen molar-refractivity contribution in [3.8, 4) is 0 Å². The molecule has 0 spiro atoms. The molecule has 0 heterocycles. The van der Waals surface area contributed by atoms with Crippen LogP contribution in [0.1, 0.15) is 26.2 Å². The van der Waals surface area contributed by atoms with Crippen molar-refractivity contribution in [3.05, 3.63) is 0 Å². The van der Waals surface area contributed by atoms with Crippen LogP contribution in [0, 0.1) is 0 Å². The van der Waals surface area contributed by atoms with Crippen molar-refractivity contribution in [1.82, 2.24) is 16.0 Å². The highest BCUT2D eigenvalue weighted by Crippen LogP contribution is 2.05. The standard InChI is InChI=1S/C18H33N5O7S2/c1-9(24)14(17(28)22-12(18(29)30)8-13(20)25)23-16(27)11(5-7-32-3)21-15(26)10(19)4-6-31-2/h9-12,14,24H,4-8,19H2,1-3H3,(H2,20,25)(H,21,26)(H,22,28)(H,23,27)(H,29,30). The molecule has 4 amide bonds. The molecule has 14 heteroatoms. The molecule has 0 aromatic carbocycles. The third kappa shape index (κ3) is 11.5. The number of thioether (sulfide) groups is 2. The second-order valence-corrected chi connectivity index (χ2v) is 9.00. The summed E-state index contributed by atoms with van der Waals surface area (Å²) in [6.45, 7) is 1.22. The van der Waals surface area contributed by atoms with Gasteiger partial charge in [-0.1, -0.05) is 0 Å². The van der Waals surface area contributed by atoms with Crippen LogP contribution in [0.2, 0.25) is 0 Å². The minimum Gasteiger partial charge on any atom is -0.480 e. The van der Waals surface area contributed by atoms with Crippen molar-refractivity contribution in [3.63, 3.8) is 0 Å². The van der Waals surface area contributed by atoms with Crippen LogP contribution in [0.3, 0.4) is 0 Å². The minimum absolute atomic E-state index is 0.238. The van der Waals surface area contributed by atoms with Crippen molar-refractivity contribution < 1.29 is 34.2 Å². The predicted octanol–water partition coefficient (Wildman–Crippen LogP) is -2.38. The minimum atomic E-state index is -1.63. The zero-order valence-corrected chi connectivity index (χ0v) is 20.0. The summed E-state index contributed by atoms with van der Waals surface area (Å²) in [6, 6.07) is -4.99. The van der Waals surface area contributed by atoms with E-state index in [0.29, 0.717) is 17.9 Å². The summed E-state index contributed by atoms with van der Waals surface area (Å²) in [5.74, 6) is -3.56. The lowest BCUT2D eigenvalue weighted by molar-refractivity contribution is -0.144. The second-order valence-electron chi connectivity index (χ2n) is 7.03. The molecule has 184 valence electrons. The van der Waals surface area contributed by atoms with E-state index in [9.17, 15) is 29.1 Å². The third-order valence-corrected chi connectivity index (χ3v) is 5.58. The highest BCUT2D eigenvalue weighted by Gasteiger charge is 2.33. The number of nitrogens with two attached hydrogens (primary N) is 2. The first-order valence-corrected chi connectivity index (χ1v) is 12.6. The first-order valence-electron chi connectivity index (χ1n) is 9.78. The Balaban J connectivity index is 5.34. The average molecular weight is 496 g/mol. The van der Waals surface area contributed by atoms with E-state index in [-0.39, 0.29) is 6.42 Å². The fourth-order valence-electron chi connectivity index (χ4n) is 2.48. The summed E-state index contributed by atoms with van der Waals surface area (Å²) in [6.07, 6.45) is 2.28. The highest BCUT2D eigenvalue weighted by atomic mass is 32.2. The molecular weight excluding hydrogens is 462 g/mol. The Labute approximate surface area is 195 Å². The Hall–Kier alpha value is -2.03. The van der Waals surface area contributed by atoms with Crippen LogP contribution in [-0.4, -0.2) is 94.1 Å². The van der Waals surface area contributed by atoms with Gasteiger partial charge in [-0.25, -0.2) is 4.79 Å². The molecule has 0 fully saturated rings. The fraction of sp³-hybridized carbons (Fsp3) is 0.722. The van der Waals surface area contributed by atoms with Crippen molar-refractivity contribution in [2.75, 3.05) is 24.0 Å². The molecule has 9 N–H and O–H groups in total. The summed E-state index contributed by atoms with van der Waals surface area (Å²) in [4.78, 5) is 59.9. The number of carboxylic acid groups (broad SMARTS) is 1. The number of carboxylic acids is 1. The Morgan fingerprint density at radius 2 is 1.41 bits per heavy atom. The van der Waals surface area contributed by atoms with Crippen LogP contribution in [-0.2, 0) is 24.0 Å². The quantitative estimate of drug-likeness (QED) is 0.121. The van der Waals surface area contributed by atoms with E-state index in [0.717, 1.165) is 0 Å². The van der Waals surface area contributed by atoms with Gasteiger partial charge in [0.1, 0.15) is 18.1 Å². The molecule has 0 aromatic rings. The number of carbonyl (C=O) groups excluding carboxylic acids is 4. The maximum Gasteiger partial charge on any atom is 0.326 e. The zero-order valence-electron chi connectivity index (χ0n) is 18.3. The lowest BCUT2D eigenvalue weighted by Crippen LogP contribution is -2.60. The maximum absolute atomic E-state index is 12.8. The Kier molecular flexibility index (Phi) is 14.7. The Morgan fingerprint density at radius 3 is 1.88 bits per heavy atom. The predicted molar refractivity (Wildman–Crippen MR) is 123 cm³/mol. The maximum atomic E-state index is 12.8. The first-order chi connectivity index (χ1) is 14.9. The van der Waals surface area contributed by atoms with Crippen LogP contribution < -0.4 is 27.4 Å². The van der Waals surface area contributed by atoms with E-state index >= 15 is 0 Å². The van der Waals surface area contributed by atoms with E-state index in [4.69, 9.17) is 16.6 Å². The normalized spacial score (nSPS) is 15.5. The van der Waals surface area contributed by atoms with E-state index in [1.165, 1.54) is 30.4 Å². The third-order valence-electron chi connectivity index (χ3n) is 4.30. The average Bonchev–Trinajstić information content (AvgIpc) is 2.71. The lowest BCUT2D eigenvalue weighted by Gasteiger charge is -2.26. The monoisotopic (exact) mass is 495 g/mol. The summed E-state index contributed by atoms with van der Waals surface area (Å²) >= 11 is 2.97. The van der Waals surface area contributed by atoms with E-state index in [2.05, 4.69) is 16.0 Å². The summed E-state index contributed by atoms with van der Waals surface area (Å²) in [7, 11) is 0. The molecule has 0 aliphatic carbocycles. The number of aliphatic hydroxyl groups excluding tert-OH is 1. The Bertz CT molecular complexity index is 666. The van der Waals surface area contributed by atoms with Gasteiger partial charge in [0.05, 0.1) is 18.6 Å². The highest BCUT2D eigenvalue weighted by molar-refractivity contribution is 7.98. The fourth-order valence-corrected chi connectivity index (χ4v) is 3.44. The number of rotatable bonds is 16.